The molecule has 2 aromatic heterocycles. The lowest BCUT2D eigenvalue weighted by Crippen LogP contribution is -2.31. The summed E-state index contributed by atoms with van der Waals surface area (Å²) in [7, 11) is 0. The van der Waals surface area contributed by atoms with Crippen molar-refractivity contribution in [3.8, 4) is 0 Å². The maximum atomic E-state index is 12.8. The molecule has 0 spiro atoms. The second-order valence-electron chi connectivity index (χ2n) is 6.98. The van der Waals surface area contributed by atoms with E-state index in [0.29, 0.717) is 13.0 Å². The van der Waals surface area contributed by atoms with Gasteiger partial charge in [0.1, 0.15) is 5.65 Å². The zero-order chi connectivity index (χ0) is 23.3. The van der Waals surface area contributed by atoms with Crippen LogP contribution in [0.4, 0.5) is 5.69 Å². The zero-order valence-electron chi connectivity index (χ0n) is 17.3. The van der Waals surface area contributed by atoms with Crippen LogP contribution in [0.3, 0.4) is 0 Å². The van der Waals surface area contributed by atoms with Gasteiger partial charge in [0.2, 0.25) is 5.91 Å². The summed E-state index contributed by atoms with van der Waals surface area (Å²) < 4.78 is 1.34. The number of para-hydroxylation sites is 1. The van der Waals surface area contributed by atoms with Gasteiger partial charge in [-0.05, 0) is 24.6 Å². The Labute approximate surface area is 181 Å². The van der Waals surface area contributed by atoms with Crippen molar-refractivity contribution in [1.82, 2.24) is 19.9 Å². The van der Waals surface area contributed by atoms with Crippen LogP contribution in [-0.2, 0) is 11.3 Å². The second-order valence-corrected chi connectivity index (χ2v) is 6.98. The number of rotatable bonds is 8. The maximum Gasteiger partial charge on any atom is 0.329 e. The van der Waals surface area contributed by atoms with Gasteiger partial charge >= 0.3 is 5.69 Å². The number of hydrogen-bond acceptors (Lipinski definition) is 6. The van der Waals surface area contributed by atoms with Crippen LogP contribution in [0.25, 0.3) is 11.0 Å². The summed E-state index contributed by atoms with van der Waals surface area (Å²) in [6.07, 6.45) is 1.90. The first kappa shape index (κ1) is 22.4. The van der Waals surface area contributed by atoms with Crippen LogP contribution in [-0.4, -0.2) is 38.8 Å². The van der Waals surface area contributed by atoms with Crippen molar-refractivity contribution in [2.45, 2.75) is 26.3 Å². The van der Waals surface area contributed by atoms with Crippen LogP contribution in [0.1, 0.15) is 40.5 Å². The Morgan fingerprint density at radius 2 is 1.91 bits per heavy atom. The Balaban J connectivity index is 1.88. The summed E-state index contributed by atoms with van der Waals surface area (Å²) in [6.45, 7) is 2.31. The van der Waals surface area contributed by atoms with E-state index in [9.17, 15) is 24.0 Å². The molecule has 11 heteroatoms. The van der Waals surface area contributed by atoms with Gasteiger partial charge in [0.15, 0.2) is 0 Å². The molecule has 0 saturated heterocycles. The minimum absolute atomic E-state index is 0.0132. The number of aryl methyl sites for hydroxylation is 1. The van der Waals surface area contributed by atoms with E-state index in [-0.39, 0.29) is 40.8 Å². The molecular weight excluding hydrogens is 416 g/mol. The highest BCUT2D eigenvalue weighted by molar-refractivity contribution is 6.09. The van der Waals surface area contributed by atoms with Crippen molar-refractivity contribution >= 4 is 34.4 Å². The van der Waals surface area contributed by atoms with E-state index in [4.69, 9.17) is 5.73 Å². The van der Waals surface area contributed by atoms with Crippen LogP contribution in [0, 0.1) is 0 Å². The third kappa shape index (κ3) is 4.89. The lowest BCUT2D eigenvalue weighted by molar-refractivity contribution is -0.117. The fourth-order valence-electron chi connectivity index (χ4n) is 3.10. The fourth-order valence-corrected chi connectivity index (χ4v) is 3.10. The Hall–Kier alpha value is -4.28. The number of amides is 3. The number of nitrogens with zero attached hydrogens (tertiary/aromatic N) is 2. The summed E-state index contributed by atoms with van der Waals surface area (Å²) in [6, 6.07) is 7.67. The Morgan fingerprint density at radius 3 is 2.62 bits per heavy atom. The Bertz CT molecular complexity index is 1310. The predicted molar refractivity (Wildman–Crippen MR) is 117 cm³/mol. The molecule has 0 fully saturated rings. The summed E-state index contributed by atoms with van der Waals surface area (Å²) in [4.78, 5) is 66.7. The number of carbonyl (C=O) groups excluding carboxylic acids is 3. The fraction of sp³-hybridized carbons (Fsp3) is 0.238. The van der Waals surface area contributed by atoms with Gasteiger partial charge in [0.05, 0.1) is 22.2 Å². The number of anilines is 1. The van der Waals surface area contributed by atoms with Gasteiger partial charge < -0.3 is 16.4 Å². The van der Waals surface area contributed by atoms with Crippen molar-refractivity contribution in [2.75, 3.05) is 11.9 Å². The first-order valence-corrected chi connectivity index (χ1v) is 9.91. The third-order valence-corrected chi connectivity index (χ3v) is 4.62. The van der Waals surface area contributed by atoms with Crippen molar-refractivity contribution in [3.63, 3.8) is 0 Å². The average molecular weight is 438 g/mol. The average Bonchev–Trinajstić information content (AvgIpc) is 2.76. The van der Waals surface area contributed by atoms with Crippen molar-refractivity contribution in [3.05, 3.63) is 68.5 Å². The van der Waals surface area contributed by atoms with Gasteiger partial charge in [-0.3, -0.25) is 28.7 Å². The number of aromatic nitrogens is 3. The molecule has 3 aromatic rings. The van der Waals surface area contributed by atoms with E-state index in [0.717, 1.165) is 0 Å². The quantitative estimate of drug-likeness (QED) is 0.395. The number of nitrogens with two attached hydrogens (primary N) is 1. The normalized spacial score (nSPS) is 10.7. The summed E-state index contributed by atoms with van der Waals surface area (Å²) in [5.41, 5.74) is 4.54. The molecule has 32 heavy (non-hydrogen) atoms. The van der Waals surface area contributed by atoms with E-state index < -0.39 is 29.0 Å². The van der Waals surface area contributed by atoms with E-state index >= 15 is 0 Å². The van der Waals surface area contributed by atoms with Crippen LogP contribution < -0.4 is 27.6 Å². The minimum atomic E-state index is -0.645. The molecule has 0 aliphatic rings. The molecule has 5 N–H and O–H groups in total. The van der Waals surface area contributed by atoms with Gasteiger partial charge in [-0.1, -0.05) is 19.1 Å². The molecule has 3 rings (SSSR count). The van der Waals surface area contributed by atoms with E-state index in [1.54, 1.807) is 18.2 Å². The highest BCUT2D eigenvalue weighted by Crippen LogP contribution is 2.17. The minimum Gasteiger partial charge on any atom is -0.370 e. The number of fused-ring (bicyclic) bond motifs is 1. The molecule has 0 bridgehead atoms. The third-order valence-electron chi connectivity index (χ3n) is 4.62. The smallest absolute Gasteiger partial charge is 0.329 e. The Kier molecular flexibility index (Phi) is 6.78. The monoisotopic (exact) mass is 438 g/mol. The lowest BCUT2D eigenvalue weighted by Gasteiger charge is -2.12. The standard InChI is InChI=1S/C21H22N6O5/c1-2-9-27-17-14(20(31)26-21(27)32)10-12(11-24-17)18(29)25-15-6-4-3-5-13(15)19(30)23-8-7-16(22)28/h3-6,10-11H,2,7-9H2,1H3,(H2,22,28)(H,23,30)(H,25,29)(H,26,31,32). The van der Waals surface area contributed by atoms with Gasteiger partial charge in [-0.25, -0.2) is 9.78 Å². The van der Waals surface area contributed by atoms with Crippen molar-refractivity contribution < 1.29 is 14.4 Å². The maximum absolute atomic E-state index is 12.8. The molecule has 11 nitrogen and oxygen atoms in total. The Morgan fingerprint density at radius 1 is 1.16 bits per heavy atom. The van der Waals surface area contributed by atoms with E-state index in [2.05, 4.69) is 20.6 Å². The largest absolute Gasteiger partial charge is 0.370 e. The molecule has 166 valence electrons. The first-order chi connectivity index (χ1) is 15.3. The zero-order valence-corrected chi connectivity index (χ0v) is 17.3. The van der Waals surface area contributed by atoms with Crippen LogP contribution in [0.5, 0.6) is 0 Å². The number of aromatic amines is 1. The lowest BCUT2D eigenvalue weighted by atomic mass is 10.1. The predicted octanol–water partition coefficient (Wildman–Crippen LogP) is 0.352. The molecule has 0 atom stereocenters. The number of carbonyl (C=O) groups is 3. The van der Waals surface area contributed by atoms with Crippen LogP contribution in [0.15, 0.2) is 46.1 Å². The number of pyridine rings is 1. The number of primary amides is 1. The van der Waals surface area contributed by atoms with Gasteiger partial charge in [-0.15, -0.1) is 0 Å². The van der Waals surface area contributed by atoms with Crippen LogP contribution >= 0.6 is 0 Å². The number of hydrogen-bond donors (Lipinski definition) is 4. The van der Waals surface area contributed by atoms with Gasteiger partial charge in [0, 0.05) is 25.7 Å². The first-order valence-electron chi connectivity index (χ1n) is 9.91. The highest BCUT2D eigenvalue weighted by atomic mass is 16.2. The molecule has 0 aliphatic heterocycles. The van der Waals surface area contributed by atoms with Gasteiger partial charge in [-0.2, -0.15) is 0 Å². The summed E-state index contributed by atoms with van der Waals surface area (Å²) in [5.74, 6) is -1.63. The molecule has 0 unspecified atom stereocenters. The van der Waals surface area contributed by atoms with E-state index in [1.165, 1.54) is 22.9 Å². The SMILES string of the molecule is CCCn1c(=O)[nH]c(=O)c2cc(C(=O)Nc3ccccc3C(=O)NCCC(N)=O)cnc21. The molecular formula is C21H22N6O5. The van der Waals surface area contributed by atoms with E-state index in [1.807, 2.05) is 6.92 Å². The molecule has 2 heterocycles. The summed E-state index contributed by atoms with van der Waals surface area (Å²) in [5, 5.41) is 5.29. The van der Waals surface area contributed by atoms with Crippen molar-refractivity contribution in [2.24, 2.45) is 5.73 Å². The molecule has 3 amide bonds. The van der Waals surface area contributed by atoms with Crippen molar-refractivity contribution in [1.29, 1.82) is 0 Å². The molecule has 1 aromatic carbocycles. The summed E-state index contributed by atoms with van der Waals surface area (Å²) >= 11 is 0. The molecule has 0 aliphatic carbocycles. The molecule has 0 saturated carbocycles. The van der Waals surface area contributed by atoms with Crippen LogP contribution in [0.2, 0.25) is 0 Å². The number of H-pyrrole nitrogens is 1. The molecule has 0 radical (unpaired) electrons. The van der Waals surface area contributed by atoms with Gasteiger partial charge in [0.25, 0.3) is 17.4 Å². The number of benzene rings is 1. The second kappa shape index (κ2) is 9.69. The highest BCUT2D eigenvalue weighted by Gasteiger charge is 2.16. The topological polar surface area (TPSA) is 169 Å². The number of nitrogens with one attached hydrogen (secondary N) is 3.